The van der Waals surface area contributed by atoms with Crippen molar-refractivity contribution in [1.82, 2.24) is 4.90 Å². The van der Waals surface area contributed by atoms with Gasteiger partial charge in [-0.15, -0.1) is 0 Å². The van der Waals surface area contributed by atoms with Crippen LogP contribution >= 0.6 is 34.2 Å². The van der Waals surface area contributed by atoms with E-state index < -0.39 is 0 Å². The normalized spacial score (nSPS) is 12.2. The quantitative estimate of drug-likeness (QED) is 0.201. The summed E-state index contributed by atoms with van der Waals surface area (Å²) in [5.41, 5.74) is 0. The van der Waals surface area contributed by atoms with Crippen molar-refractivity contribution in [3.8, 4) is 0 Å². The molecule has 0 N–H and O–H groups in total. The summed E-state index contributed by atoms with van der Waals surface area (Å²) in [5, 5.41) is 0.297. The van der Waals surface area contributed by atoms with Crippen LogP contribution in [0, 0.1) is 0 Å². The van der Waals surface area contributed by atoms with E-state index in [0.29, 0.717) is 5.29 Å². The first-order valence-corrected chi connectivity index (χ1v) is 6.47. The summed E-state index contributed by atoms with van der Waals surface area (Å²) < 4.78 is 1.96. The third kappa shape index (κ3) is 7.37. The predicted octanol–water partition coefficient (Wildman–Crippen LogP) is 1.28. The zero-order valence-electron chi connectivity index (χ0n) is 6.79. The summed E-state index contributed by atoms with van der Waals surface area (Å²) in [5.74, 6) is 0. The Hall–Kier alpha value is 0.718. The first-order valence-electron chi connectivity index (χ1n) is 3.10. The molecule has 0 atom stereocenters. The maximum atomic E-state index is 5.71. The summed E-state index contributed by atoms with van der Waals surface area (Å²) in [6, 6.07) is 0. The third-order valence-corrected chi connectivity index (χ3v) is 4.52. The molecule has 12 heavy (non-hydrogen) atoms. The van der Waals surface area contributed by atoms with Crippen LogP contribution in [-0.4, -0.2) is 39.1 Å². The van der Waals surface area contributed by atoms with Crippen LogP contribution in [0.4, 0.5) is 0 Å². The fourth-order valence-electron chi connectivity index (χ4n) is 0.325. The molecule has 0 fully saturated rings. The molecule has 0 aliphatic carbocycles. The van der Waals surface area contributed by atoms with Crippen molar-refractivity contribution in [3.63, 3.8) is 0 Å². The number of hydrogen-bond acceptors (Lipinski definition) is 1. The maximum absolute atomic E-state index is 5.71. The number of hydrogen-bond donors (Lipinski definition) is 0. The van der Waals surface area contributed by atoms with Gasteiger partial charge in [0, 0.05) is 0 Å². The molecule has 0 saturated carbocycles. The number of alkyl halides is 1. The van der Waals surface area contributed by atoms with Gasteiger partial charge in [0.2, 0.25) is 0 Å². The van der Waals surface area contributed by atoms with Gasteiger partial charge in [0.15, 0.2) is 0 Å². The molecule has 0 saturated heterocycles. The molecular weight excluding hydrogens is 460 g/mol. The number of halogens is 2. The first-order chi connectivity index (χ1) is 5.56. The van der Waals surface area contributed by atoms with Gasteiger partial charge in [-0.05, 0) is 0 Å². The van der Waals surface area contributed by atoms with Gasteiger partial charge in [-0.25, -0.2) is 0 Å². The fourth-order valence-corrected chi connectivity index (χ4v) is 1.15. The molecule has 0 heterocycles. The Morgan fingerprint density at radius 3 is 2.67 bits per heavy atom. The molecule has 3 nitrogen and oxygen atoms in total. The Morgan fingerprint density at radius 2 is 2.25 bits per heavy atom. The topological polar surface area (TPSA) is 28.0 Å². The van der Waals surface area contributed by atoms with Crippen LogP contribution in [-0.2, 0) is 19.4 Å². The molecule has 0 aromatic rings. The Bertz CT molecular complexity index is 215. The molecular formula is C6H9ClIN3W. The van der Waals surface area contributed by atoms with Crippen molar-refractivity contribution in [2.45, 2.75) is 0 Å². The van der Waals surface area contributed by atoms with Gasteiger partial charge in [-0.2, -0.15) is 0 Å². The van der Waals surface area contributed by atoms with Crippen LogP contribution < -0.4 is 0 Å². The van der Waals surface area contributed by atoms with Crippen molar-refractivity contribution in [3.05, 3.63) is 0 Å². The zero-order valence-corrected chi connectivity index (χ0v) is 12.6. The number of rotatable bonds is 3. The molecule has 6 heteroatoms. The Balaban J connectivity index is 4.11. The second-order valence-corrected chi connectivity index (χ2v) is 4.91. The number of aliphatic imine (C=N–C) groups is 2. The van der Waals surface area contributed by atoms with E-state index in [1.807, 2.05) is 19.0 Å². The van der Waals surface area contributed by atoms with Gasteiger partial charge >= 0.3 is 103 Å². The molecule has 0 aliphatic rings. The molecule has 0 aromatic carbocycles. The van der Waals surface area contributed by atoms with Gasteiger partial charge in [0.25, 0.3) is 0 Å². The molecule has 0 bridgehead atoms. The van der Waals surface area contributed by atoms with E-state index in [4.69, 9.17) is 11.6 Å². The van der Waals surface area contributed by atoms with Crippen molar-refractivity contribution >= 4 is 49.8 Å². The Morgan fingerprint density at radius 1 is 1.67 bits per heavy atom. The SMILES string of the molecule is CN(C)C=NC(Cl)=N[C](=[W])CI. The van der Waals surface area contributed by atoms with Gasteiger partial charge in [0.05, 0.1) is 0 Å². The summed E-state index contributed by atoms with van der Waals surface area (Å²) in [6.45, 7) is 0. The summed E-state index contributed by atoms with van der Waals surface area (Å²) in [7, 11) is 3.77. The van der Waals surface area contributed by atoms with Gasteiger partial charge < -0.3 is 0 Å². The molecule has 0 amide bonds. The van der Waals surface area contributed by atoms with E-state index in [1.165, 1.54) is 19.4 Å². The van der Waals surface area contributed by atoms with Crippen molar-refractivity contribution in [1.29, 1.82) is 0 Å². The van der Waals surface area contributed by atoms with E-state index >= 15 is 0 Å². The molecule has 68 valence electrons. The summed E-state index contributed by atoms with van der Waals surface area (Å²) in [6.07, 6.45) is 1.63. The average Bonchev–Trinajstić information content (AvgIpc) is 2.00. The van der Waals surface area contributed by atoms with Gasteiger partial charge in [0.1, 0.15) is 0 Å². The van der Waals surface area contributed by atoms with Crippen LogP contribution in [0.2, 0.25) is 0 Å². The first kappa shape index (κ1) is 12.7. The van der Waals surface area contributed by atoms with Crippen LogP contribution in [0.15, 0.2) is 9.98 Å². The second-order valence-electron chi connectivity index (χ2n) is 2.12. The standard InChI is InChI=1S/C6H9ClIN3.W/c1-11(2)5-10-6(7)9-4-3-8;/h5H,3H2,1-2H3;. The van der Waals surface area contributed by atoms with Gasteiger partial charge in [-0.3, -0.25) is 0 Å². The van der Waals surface area contributed by atoms with E-state index in [-0.39, 0.29) is 0 Å². The van der Waals surface area contributed by atoms with Crippen molar-refractivity contribution in [2.75, 3.05) is 18.5 Å². The molecule has 0 unspecified atom stereocenters. The fraction of sp³-hybridized carbons (Fsp3) is 0.500. The van der Waals surface area contributed by atoms with Gasteiger partial charge in [-0.1, -0.05) is 0 Å². The van der Waals surface area contributed by atoms with Crippen molar-refractivity contribution < 1.29 is 19.4 Å². The minimum absolute atomic E-state index is 0.297. The zero-order chi connectivity index (χ0) is 9.56. The number of amidine groups is 1. The molecule has 0 aliphatic heterocycles. The third-order valence-electron chi connectivity index (χ3n) is 0.726. The predicted molar refractivity (Wildman–Crippen MR) is 59.4 cm³/mol. The van der Waals surface area contributed by atoms with E-state index in [0.717, 1.165) is 8.45 Å². The van der Waals surface area contributed by atoms with Crippen LogP contribution in [0.5, 0.6) is 0 Å². The average molecular weight is 469 g/mol. The summed E-state index contributed by atoms with van der Waals surface area (Å²) >= 11 is 9.29. The Kier molecular flexibility index (Phi) is 7.58. The van der Waals surface area contributed by atoms with Crippen molar-refractivity contribution in [2.24, 2.45) is 9.98 Å². The van der Waals surface area contributed by atoms with E-state index in [9.17, 15) is 0 Å². The molecule has 0 spiro atoms. The molecule has 0 aromatic heterocycles. The minimum atomic E-state index is 0.297. The number of nitrogens with zero attached hydrogens (tertiary/aromatic N) is 3. The molecule has 0 radical (unpaired) electrons. The van der Waals surface area contributed by atoms with E-state index in [2.05, 4.69) is 32.6 Å². The van der Waals surface area contributed by atoms with Crippen LogP contribution in [0.3, 0.4) is 0 Å². The van der Waals surface area contributed by atoms with Crippen LogP contribution in [0.1, 0.15) is 0 Å². The molecule has 0 rings (SSSR count). The summed E-state index contributed by atoms with van der Waals surface area (Å²) in [4.78, 5) is 9.80. The second kappa shape index (κ2) is 7.15. The Labute approximate surface area is 102 Å². The van der Waals surface area contributed by atoms with E-state index in [1.54, 1.807) is 6.34 Å². The monoisotopic (exact) mass is 469 g/mol. The van der Waals surface area contributed by atoms with Crippen LogP contribution in [0.25, 0.3) is 0 Å².